The average Bonchev–Trinajstić information content (AvgIpc) is 2.34. The molecule has 0 aromatic carbocycles. The molecule has 0 heterocycles. The minimum absolute atomic E-state index is 0. The van der Waals surface area contributed by atoms with Gasteiger partial charge < -0.3 is 25.4 Å². The molecule has 0 aromatic rings. The fraction of sp³-hybridized carbons (Fsp3) is 0.800. The maximum atomic E-state index is 11.6. The van der Waals surface area contributed by atoms with Crippen LogP contribution in [0.5, 0.6) is 0 Å². The van der Waals surface area contributed by atoms with E-state index in [0.717, 1.165) is 0 Å². The molecule has 8 nitrogen and oxygen atoms in total. The number of esters is 1. The molecule has 0 spiro atoms. The third kappa shape index (κ3) is 12.4. The minimum Gasteiger partial charge on any atom is -0.481 e. The highest BCUT2D eigenvalue weighted by molar-refractivity contribution is 5.72. The van der Waals surface area contributed by atoms with Gasteiger partial charge in [-0.1, -0.05) is 27.7 Å². The molecule has 0 rings (SSSR count). The number of aliphatic carboxylic acids is 1. The second kappa shape index (κ2) is 11.7. The zero-order chi connectivity index (χ0) is 17.3. The molecule has 1 amide bonds. The van der Waals surface area contributed by atoms with Gasteiger partial charge in [0.15, 0.2) is 0 Å². The predicted molar refractivity (Wildman–Crippen MR) is 83.7 cm³/mol. The van der Waals surface area contributed by atoms with Crippen LogP contribution in [0.15, 0.2) is 0 Å². The lowest BCUT2D eigenvalue weighted by atomic mass is 9.94. The Bertz CT molecular complexity index is 382. The molecule has 0 aromatic heterocycles. The van der Waals surface area contributed by atoms with Crippen LogP contribution in [0.25, 0.3) is 0 Å². The first kappa shape index (κ1) is 23.4. The van der Waals surface area contributed by atoms with Gasteiger partial charge in [-0.2, -0.15) is 0 Å². The molecule has 0 unspecified atom stereocenters. The molecule has 4 N–H and O–H groups in total. The lowest BCUT2D eigenvalue weighted by Gasteiger charge is -2.19. The Morgan fingerprint density at radius 1 is 1.04 bits per heavy atom. The van der Waals surface area contributed by atoms with Gasteiger partial charge in [-0.25, -0.2) is 4.79 Å². The van der Waals surface area contributed by atoms with Gasteiger partial charge in [0.25, 0.3) is 0 Å². The van der Waals surface area contributed by atoms with Gasteiger partial charge in [0.05, 0.1) is 5.92 Å². The van der Waals surface area contributed by atoms with Crippen LogP contribution in [0, 0.1) is 17.8 Å². The number of hydrogen-bond acceptors (Lipinski definition) is 5. The van der Waals surface area contributed by atoms with E-state index in [4.69, 9.17) is 14.6 Å². The van der Waals surface area contributed by atoms with E-state index in [1.165, 1.54) is 6.92 Å². The standard InChI is InChI=1S/C15H27NO6.H2O/c1-9(2)6-12(7-13(17)18)8-16-15(20)22-11(5)21-14(19)10(3)4;/h9-12H,6-8H2,1-5H3,(H,16,20)(H,17,18);1H2/t11-,12+;/m1./s1. The van der Waals surface area contributed by atoms with Crippen molar-refractivity contribution in [2.24, 2.45) is 17.8 Å². The van der Waals surface area contributed by atoms with Gasteiger partial charge >= 0.3 is 18.0 Å². The Balaban J connectivity index is 0. The maximum Gasteiger partial charge on any atom is 0.410 e. The fourth-order valence-electron chi connectivity index (χ4n) is 1.90. The van der Waals surface area contributed by atoms with Crippen molar-refractivity contribution in [2.45, 2.75) is 53.8 Å². The van der Waals surface area contributed by atoms with Crippen LogP contribution in [-0.4, -0.2) is 41.4 Å². The third-order valence-electron chi connectivity index (χ3n) is 2.83. The molecule has 0 fully saturated rings. The van der Waals surface area contributed by atoms with Crippen LogP contribution < -0.4 is 5.32 Å². The lowest BCUT2D eigenvalue weighted by molar-refractivity contribution is -0.168. The third-order valence-corrected chi connectivity index (χ3v) is 2.83. The SMILES string of the molecule is CC(C)C[C@H](CNC(=O)O[C@H](C)OC(=O)C(C)C)CC(=O)O.O. The van der Waals surface area contributed by atoms with Crippen LogP contribution in [0.4, 0.5) is 4.79 Å². The van der Waals surface area contributed by atoms with E-state index in [1.54, 1.807) is 13.8 Å². The smallest absolute Gasteiger partial charge is 0.410 e. The van der Waals surface area contributed by atoms with Gasteiger partial charge in [-0.05, 0) is 18.3 Å². The van der Waals surface area contributed by atoms with E-state index in [0.29, 0.717) is 12.3 Å². The van der Waals surface area contributed by atoms with E-state index in [1.807, 2.05) is 13.8 Å². The van der Waals surface area contributed by atoms with E-state index in [9.17, 15) is 14.4 Å². The molecular formula is C15H29NO7. The second-order valence-electron chi connectivity index (χ2n) is 6.04. The van der Waals surface area contributed by atoms with Gasteiger partial charge in [0.1, 0.15) is 0 Å². The Morgan fingerprint density at radius 2 is 1.61 bits per heavy atom. The number of hydrogen-bond donors (Lipinski definition) is 2. The topological polar surface area (TPSA) is 133 Å². The summed E-state index contributed by atoms with van der Waals surface area (Å²) in [5.74, 6) is -1.50. The van der Waals surface area contributed by atoms with E-state index in [-0.39, 0.29) is 30.3 Å². The number of carboxylic acids is 1. The van der Waals surface area contributed by atoms with E-state index < -0.39 is 24.3 Å². The van der Waals surface area contributed by atoms with E-state index in [2.05, 4.69) is 5.32 Å². The Morgan fingerprint density at radius 3 is 2.04 bits per heavy atom. The summed E-state index contributed by atoms with van der Waals surface area (Å²) in [6.07, 6.45) is -1.05. The summed E-state index contributed by atoms with van der Waals surface area (Å²) >= 11 is 0. The van der Waals surface area contributed by atoms with Crippen molar-refractivity contribution in [3.05, 3.63) is 0 Å². The molecule has 8 heteroatoms. The predicted octanol–water partition coefficient (Wildman–Crippen LogP) is 1.57. The summed E-state index contributed by atoms with van der Waals surface area (Å²) in [6, 6.07) is 0. The fourth-order valence-corrected chi connectivity index (χ4v) is 1.90. The summed E-state index contributed by atoms with van der Waals surface area (Å²) < 4.78 is 9.79. The van der Waals surface area contributed by atoms with Gasteiger partial charge in [0, 0.05) is 19.9 Å². The molecule has 23 heavy (non-hydrogen) atoms. The number of ether oxygens (including phenoxy) is 2. The molecular weight excluding hydrogens is 306 g/mol. The highest BCUT2D eigenvalue weighted by atomic mass is 16.7. The number of rotatable bonds is 9. The van der Waals surface area contributed by atoms with E-state index >= 15 is 0 Å². The highest BCUT2D eigenvalue weighted by Gasteiger charge is 2.19. The summed E-state index contributed by atoms with van der Waals surface area (Å²) in [7, 11) is 0. The normalized spacial score (nSPS) is 13.0. The number of carboxylic acid groups (broad SMARTS) is 1. The van der Waals surface area contributed by atoms with Crippen molar-refractivity contribution in [3.8, 4) is 0 Å². The zero-order valence-corrected chi connectivity index (χ0v) is 14.4. The average molecular weight is 335 g/mol. The number of carbonyl (C=O) groups excluding carboxylic acids is 2. The molecule has 0 saturated heterocycles. The second-order valence-corrected chi connectivity index (χ2v) is 6.04. The number of carbonyl (C=O) groups is 3. The Labute approximate surface area is 136 Å². The maximum absolute atomic E-state index is 11.6. The Hall–Kier alpha value is -1.83. The van der Waals surface area contributed by atoms with Crippen LogP contribution in [-0.2, 0) is 19.1 Å². The van der Waals surface area contributed by atoms with Crippen molar-refractivity contribution in [1.29, 1.82) is 0 Å². The lowest BCUT2D eigenvalue weighted by Crippen LogP contribution is -2.34. The van der Waals surface area contributed by atoms with Gasteiger partial charge in [-0.15, -0.1) is 0 Å². The number of alkyl carbamates (subject to hydrolysis) is 1. The zero-order valence-electron chi connectivity index (χ0n) is 14.4. The van der Waals surface area contributed by atoms with Crippen molar-refractivity contribution in [1.82, 2.24) is 5.32 Å². The van der Waals surface area contributed by atoms with Crippen molar-refractivity contribution in [2.75, 3.05) is 6.54 Å². The molecule has 0 bridgehead atoms. The summed E-state index contributed by atoms with van der Waals surface area (Å²) in [4.78, 5) is 33.8. The molecule has 0 aliphatic heterocycles. The number of amides is 1. The molecule has 2 atom stereocenters. The van der Waals surface area contributed by atoms with Crippen LogP contribution in [0.2, 0.25) is 0 Å². The van der Waals surface area contributed by atoms with Crippen LogP contribution >= 0.6 is 0 Å². The summed E-state index contributed by atoms with van der Waals surface area (Å²) in [5.41, 5.74) is 0. The highest BCUT2D eigenvalue weighted by Crippen LogP contribution is 2.14. The molecule has 0 aliphatic rings. The largest absolute Gasteiger partial charge is 0.481 e. The summed E-state index contributed by atoms with van der Waals surface area (Å²) in [6.45, 7) is 8.98. The van der Waals surface area contributed by atoms with Gasteiger partial charge in [0.2, 0.25) is 6.29 Å². The molecule has 0 saturated carbocycles. The van der Waals surface area contributed by atoms with Crippen molar-refractivity contribution in [3.63, 3.8) is 0 Å². The first-order valence-electron chi connectivity index (χ1n) is 7.48. The first-order chi connectivity index (χ1) is 10.1. The monoisotopic (exact) mass is 335 g/mol. The minimum atomic E-state index is -0.988. The quantitative estimate of drug-likeness (QED) is 0.485. The van der Waals surface area contributed by atoms with Crippen LogP contribution in [0.3, 0.4) is 0 Å². The molecule has 0 radical (unpaired) electrons. The molecule has 136 valence electrons. The van der Waals surface area contributed by atoms with Crippen molar-refractivity contribution >= 4 is 18.0 Å². The summed E-state index contributed by atoms with van der Waals surface area (Å²) in [5, 5.41) is 11.4. The molecule has 0 aliphatic carbocycles. The number of nitrogens with one attached hydrogen (secondary N) is 1. The Kier molecular flexibility index (Phi) is 11.9. The van der Waals surface area contributed by atoms with Crippen LogP contribution in [0.1, 0.15) is 47.5 Å². The van der Waals surface area contributed by atoms with Crippen molar-refractivity contribution < 1.29 is 34.4 Å². The van der Waals surface area contributed by atoms with Gasteiger partial charge in [-0.3, -0.25) is 9.59 Å². The first-order valence-corrected chi connectivity index (χ1v) is 7.48.